The summed E-state index contributed by atoms with van der Waals surface area (Å²) in [7, 11) is 0. The molecule has 3 aliphatic rings. The van der Waals surface area contributed by atoms with Gasteiger partial charge in [0.1, 0.15) is 0 Å². The number of aryl methyl sites for hydroxylation is 1. The van der Waals surface area contributed by atoms with Gasteiger partial charge in [0.05, 0.1) is 11.3 Å². The second-order valence-electron chi connectivity index (χ2n) is 9.77. The number of carbonyl (C=O) groups is 2. The molecule has 6 nitrogen and oxygen atoms in total. The van der Waals surface area contributed by atoms with Crippen LogP contribution >= 0.6 is 0 Å². The third-order valence-electron chi connectivity index (χ3n) is 7.47. The van der Waals surface area contributed by atoms with Gasteiger partial charge in [0.15, 0.2) is 5.71 Å². The Bertz CT molecular complexity index is 1470. The van der Waals surface area contributed by atoms with Gasteiger partial charge >= 0.3 is 5.97 Å². The van der Waals surface area contributed by atoms with Gasteiger partial charge in [0.25, 0.3) is 5.91 Å². The van der Waals surface area contributed by atoms with Gasteiger partial charge in [-0.2, -0.15) is 10.1 Å². The molecule has 1 saturated carbocycles. The van der Waals surface area contributed by atoms with E-state index in [0.717, 1.165) is 10.6 Å². The number of fused-ring (bicyclic) bond motifs is 3. The molecule has 6 heteroatoms. The van der Waals surface area contributed by atoms with Gasteiger partial charge in [0.2, 0.25) is 0 Å². The van der Waals surface area contributed by atoms with Crippen molar-refractivity contribution in [2.75, 3.05) is 9.91 Å². The highest BCUT2D eigenvalue weighted by Gasteiger charge is 2.42. The van der Waals surface area contributed by atoms with E-state index in [1.165, 1.54) is 41.8 Å². The first kappa shape index (κ1) is 23.0. The molecule has 0 saturated heterocycles. The van der Waals surface area contributed by atoms with Crippen molar-refractivity contribution in [3.8, 4) is 0 Å². The Morgan fingerprint density at radius 1 is 1.00 bits per heavy atom. The second-order valence-corrected chi connectivity index (χ2v) is 9.77. The summed E-state index contributed by atoms with van der Waals surface area (Å²) in [5, 5.41) is 14.8. The Morgan fingerprint density at radius 2 is 1.78 bits per heavy atom. The second kappa shape index (κ2) is 9.21. The number of amides is 1. The smallest absolute Gasteiger partial charge is 0.357 e. The minimum Gasteiger partial charge on any atom is -0.476 e. The fourth-order valence-corrected chi connectivity index (χ4v) is 5.74. The van der Waals surface area contributed by atoms with Crippen LogP contribution in [0.1, 0.15) is 41.9 Å². The molecule has 0 bridgehead atoms. The summed E-state index contributed by atoms with van der Waals surface area (Å²) in [6.45, 7) is 2.11. The van der Waals surface area contributed by atoms with E-state index in [0.29, 0.717) is 17.6 Å². The first-order valence-electron chi connectivity index (χ1n) is 12.6. The lowest BCUT2D eigenvalue weighted by Crippen LogP contribution is -2.26. The molecule has 3 aromatic carbocycles. The lowest BCUT2D eigenvalue weighted by atomic mass is 9.96. The number of nitrogens with zero attached hydrogens (tertiary/aromatic N) is 3. The molecule has 2 heterocycles. The van der Waals surface area contributed by atoms with Crippen LogP contribution in [0.25, 0.3) is 6.08 Å². The van der Waals surface area contributed by atoms with E-state index in [2.05, 4.69) is 59.4 Å². The fraction of sp³-hybridized carbons (Fsp3) is 0.194. The number of anilines is 3. The third kappa shape index (κ3) is 4.04. The van der Waals surface area contributed by atoms with Crippen molar-refractivity contribution in [3.63, 3.8) is 0 Å². The normalized spacial score (nSPS) is 21.6. The molecular formula is C31H27N3O3. The number of hydrazone groups is 1. The van der Waals surface area contributed by atoms with Gasteiger partial charge in [-0.1, -0.05) is 60.5 Å². The Balaban J connectivity index is 1.29. The molecule has 2 aliphatic heterocycles. The van der Waals surface area contributed by atoms with Crippen LogP contribution in [-0.2, 0) is 9.59 Å². The minimum atomic E-state index is -1.23. The summed E-state index contributed by atoms with van der Waals surface area (Å²) in [4.78, 5) is 27.3. The highest BCUT2D eigenvalue weighted by atomic mass is 16.4. The van der Waals surface area contributed by atoms with Gasteiger partial charge in [-0.25, -0.2) is 4.79 Å². The molecule has 1 fully saturated rings. The van der Waals surface area contributed by atoms with E-state index in [9.17, 15) is 14.7 Å². The molecular weight excluding hydrogens is 462 g/mol. The Labute approximate surface area is 215 Å². The van der Waals surface area contributed by atoms with Crippen LogP contribution in [0.15, 0.2) is 95.6 Å². The van der Waals surface area contributed by atoms with Crippen LogP contribution in [0.2, 0.25) is 0 Å². The number of rotatable bonds is 5. The van der Waals surface area contributed by atoms with Crippen molar-refractivity contribution < 1.29 is 14.7 Å². The molecule has 1 aliphatic carbocycles. The molecule has 0 radical (unpaired) electrons. The average Bonchev–Trinajstić information content (AvgIpc) is 3.59. The molecule has 3 aromatic rings. The van der Waals surface area contributed by atoms with Crippen molar-refractivity contribution in [2.45, 2.75) is 38.1 Å². The number of para-hydroxylation sites is 1. The quantitative estimate of drug-likeness (QED) is 0.433. The minimum absolute atomic E-state index is 0.0650. The predicted octanol–water partition coefficient (Wildman–Crippen LogP) is 6.21. The average molecular weight is 490 g/mol. The SMILES string of the molecule is Cc1ccc(N2c3ccc(/C=C/C=C4\C(=O)N(c5ccccc5)N=C4C(=O)O)cc3C3CCCC32)cc1. The highest BCUT2D eigenvalue weighted by Crippen LogP contribution is 2.52. The molecule has 6 rings (SSSR count). The Kier molecular flexibility index (Phi) is 5.72. The number of hydrogen-bond acceptors (Lipinski definition) is 4. The Hall–Kier alpha value is -4.45. The van der Waals surface area contributed by atoms with E-state index < -0.39 is 11.9 Å². The summed E-state index contributed by atoms with van der Waals surface area (Å²) < 4.78 is 0. The van der Waals surface area contributed by atoms with Crippen molar-refractivity contribution in [1.29, 1.82) is 0 Å². The Morgan fingerprint density at radius 3 is 2.54 bits per heavy atom. The predicted molar refractivity (Wildman–Crippen MR) is 146 cm³/mol. The largest absolute Gasteiger partial charge is 0.476 e. The molecule has 2 unspecified atom stereocenters. The molecule has 1 N–H and O–H groups in total. The zero-order valence-electron chi connectivity index (χ0n) is 20.5. The number of carbonyl (C=O) groups excluding carboxylic acids is 1. The van der Waals surface area contributed by atoms with Crippen LogP contribution in [-0.4, -0.2) is 28.7 Å². The van der Waals surface area contributed by atoms with Crippen LogP contribution in [0.4, 0.5) is 17.1 Å². The summed E-state index contributed by atoms with van der Waals surface area (Å²) >= 11 is 0. The number of hydrogen-bond donors (Lipinski definition) is 1. The van der Waals surface area contributed by atoms with Crippen molar-refractivity contribution in [2.24, 2.45) is 5.10 Å². The monoisotopic (exact) mass is 489 g/mol. The maximum atomic E-state index is 13.0. The van der Waals surface area contributed by atoms with Crippen molar-refractivity contribution in [3.05, 3.63) is 107 Å². The summed E-state index contributed by atoms with van der Waals surface area (Å²) in [6, 6.07) is 24.6. The lowest BCUT2D eigenvalue weighted by Gasteiger charge is -2.27. The van der Waals surface area contributed by atoms with Gasteiger partial charge in [-0.3, -0.25) is 4.79 Å². The van der Waals surface area contributed by atoms with Crippen LogP contribution < -0.4 is 9.91 Å². The van der Waals surface area contributed by atoms with E-state index in [1.54, 1.807) is 36.4 Å². The fourth-order valence-electron chi connectivity index (χ4n) is 5.74. The number of carboxylic acid groups (broad SMARTS) is 1. The zero-order valence-corrected chi connectivity index (χ0v) is 20.5. The van der Waals surface area contributed by atoms with Crippen LogP contribution in [0, 0.1) is 6.92 Å². The number of allylic oxidation sites excluding steroid dienone is 2. The van der Waals surface area contributed by atoms with Gasteiger partial charge in [-0.15, -0.1) is 0 Å². The third-order valence-corrected chi connectivity index (χ3v) is 7.47. The number of carboxylic acids is 1. The molecule has 1 amide bonds. The van der Waals surface area contributed by atoms with Gasteiger partial charge in [-0.05, 0) is 73.4 Å². The topological polar surface area (TPSA) is 73.2 Å². The van der Waals surface area contributed by atoms with Gasteiger partial charge < -0.3 is 10.0 Å². The molecule has 0 aromatic heterocycles. The van der Waals surface area contributed by atoms with Crippen LogP contribution in [0.3, 0.4) is 0 Å². The van der Waals surface area contributed by atoms with E-state index in [1.807, 2.05) is 12.1 Å². The first-order valence-corrected chi connectivity index (χ1v) is 12.6. The molecule has 37 heavy (non-hydrogen) atoms. The van der Waals surface area contributed by atoms with Crippen molar-refractivity contribution in [1.82, 2.24) is 0 Å². The molecule has 184 valence electrons. The summed E-state index contributed by atoms with van der Waals surface area (Å²) in [5.74, 6) is -1.18. The van der Waals surface area contributed by atoms with Gasteiger partial charge in [0, 0.05) is 23.3 Å². The zero-order chi connectivity index (χ0) is 25.5. The standard InChI is InChI=1S/C31H27N3O3/c1-20-13-16-22(17-14-20)33-27-12-6-10-24(27)26-19-21(15-18-28(26)33)7-5-11-25-29(31(36)37)32-34(30(25)35)23-8-3-2-4-9-23/h2-5,7-9,11,13-19,24,27H,6,10,12H2,1H3,(H,36,37)/b7-5+,25-11-. The summed E-state index contributed by atoms with van der Waals surface area (Å²) in [6.07, 6.45) is 8.79. The first-order chi connectivity index (χ1) is 18.0. The highest BCUT2D eigenvalue weighted by molar-refractivity contribution is 6.52. The maximum absolute atomic E-state index is 13.0. The van der Waals surface area contributed by atoms with E-state index in [4.69, 9.17) is 0 Å². The molecule has 2 atom stereocenters. The summed E-state index contributed by atoms with van der Waals surface area (Å²) in [5.41, 5.74) is 6.47. The van der Waals surface area contributed by atoms with E-state index >= 15 is 0 Å². The van der Waals surface area contributed by atoms with Crippen molar-refractivity contribution >= 4 is 40.7 Å². The lowest BCUT2D eigenvalue weighted by molar-refractivity contribution is -0.129. The maximum Gasteiger partial charge on any atom is 0.357 e. The molecule has 0 spiro atoms. The number of aliphatic carboxylic acids is 1. The number of benzene rings is 3. The van der Waals surface area contributed by atoms with Crippen LogP contribution in [0.5, 0.6) is 0 Å². The van der Waals surface area contributed by atoms with E-state index in [-0.39, 0.29) is 11.3 Å².